The molecule has 0 aromatic heterocycles. The largest absolute Gasteiger partial charge is 0.397 e. The normalized spacial score (nSPS) is 22.3. The molecule has 3 aromatic rings. The Hall–Kier alpha value is -3.80. The summed E-state index contributed by atoms with van der Waals surface area (Å²) in [4.78, 5) is 27.0. The highest BCUT2D eigenvalue weighted by atomic mass is 16.7. The van der Waals surface area contributed by atoms with Gasteiger partial charge in [-0.2, -0.15) is 0 Å². The lowest BCUT2D eigenvalue weighted by atomic mass is 9.99. The van der Waals surface area contributed by atoms with E-state index in [1.165, 1.54) is 0 Å². The molecule has 10 heteroatoms. The third-order valence-electron chi connectivity index (χ3n) is 7.83. The summed E-state index contributed by atoms with van der Waals surface area (Å²) < 4.78 is 12.8. The van der Waals surface area contributed by atoms with Gasteiger partial charge in [0.25, 0.3) is 0 Å². The Labute approximate surface area is 251 Å². The number of nitrogens with zero attached hydrogens (tertiary/aromatic N) is 1. The van der Waals surface area contributed by atoms with Crippen molar-refractivity contribution in [2.45, 2.75) is 63.3 Å². The summed E-state index contributed by atoms with van der Waals surface area (Å²) in [7, 11) is 0. The summed E-state index contributed by atoms with van der Waals surface area (Å²) in [5.74, 6) is -0.367. The molecule has 2 aliphatic heterocycles. The van der Waals surface area contributed by atoms with Crippen LogP contribution in [0.2, 0.25) is 0 Å². The Bertz CT molecular complexity index is 1370. The fourth-order valence-electron chi connectivity index (χ4n) is 5.48. The number of benzene rings is 3. The minimum Gasteiger partial charge on any atom is -0.397 e. The van der Waals surface area contributed by atoms with Crippen molar-refractivity contribution in [1.29, 1.82) is 0 Å². The summed E-state index contributed by atoms with van der Waals surface area (Å²) in [6.45, 7) is 2.16. The van der Waals surface area contributed by atoms with Crippen molar-refractivity contribution in [2.75, 3.05) is 36.0 Å². The Morgan fingerprint density at radius 2 is 1.60 bits per heavy atom. The number of carbonyl (C=O) groups is 2. The molecular weight excluding hydrogens is 548 g/mol. The summed E-state index contributed by atoms with van der Waals surface area (Å²) in [5.41, 5.74) is 10.3. The van der Waals surface area contributed by atoms with Crippen LogP contribution in [0.1, 0.15) is 61.2 Å². The molecule has 4 atom stereocenters. The molecule has 2 saturated heterocycles. The van der Waals surface area contributed by atoms with Crippen molar-refractivity contribution in [3.05, 3.63) is 89.5 Å². The number of nitrogen functional groups attached to an aromatic ring is 1. The van der Waals surface area contributed by atoms with Gasteiger partial charge in [-0.05, 0) is 48.2 Å². The second kappa shape index (κ2) is 14.6. The number of hydrogen-bond acceptors (Lipinski definition) is 8. The highest BCUT2D eigenvalue weighted by molar-refractivity contribution is 5.94. The van der Waals surface area contributed by atoms with Crippen LogP contribution in [0.3, 0.4) is 0 Å². The van der Waals surface area contributed by atoms with Crippen molar-refractivity contribution in [3.8, 4) is 0 Å². The molecule has 0 bridgehead atoms. The number of anilines is 3. The summed E-state index contributed by atoms with van der Waals surface area (Å²) in [5, 5.41) is 25.1. The zero-order chi connectivity index (χ0) is 30.2. The first-order valence-electron chi connectivity index (χ1n) is 14.8. The van der Waals surface area contributed by atoms with Gasteiger partial charge in [0.2, 0.25) is 11.8 Å². The lowest BCUT2D eigenvalue weighted by molar-refractivity contribution is -0.252. The molecule has 0 radical (unpaired) electrons. The van der Waals surface area contributed by atoms with Crippen LogP contribution in [0.15, 0.2) is 72.8 Å². The van der Waals surface area contributed by atoms with E-state index in [9.17, 15) is 19.8 Å². The molecule has 6 N–H and O–H groups in total. The van der Waals surface area contributed by atoms with E-state index in [1.54, 1.807) is 24.3 Å². The van der Waals surface area contributed by atoms with Gasteiger partial charge in [0, 0.05) is 50.1 Å². The third kappa shape index (κ3) is 8.62. The average Bonchev–Trinajstić information content (AvgIpc) is 3.42. The zero-order valence-electron chi connectivity index (χ0n) is 24.2. The first kappa shape index (κ1) is 30.7. The molecule has 43 heavy (non-hydrogen) atoms. The Morgan fingerprint density at radius 3 is 2.28 bits per heavy atom. The van der Waals surface area contributed by atoms with Crippen LogP contribution in [0.5, 0.6) is 0 Å². The smallest absolute Gasteiger partial charge is 0.224 e. The molecule has 5 rings (SSSR count). The number of β-amino-alcohol motifs (C(OH)–C–C–N with tert-alkyl or cyclic N) is 1. The molecule has 10 nitrogen and oxygen atoms in total. The van der Waals surface area contributed by atoms with Gasteiger partial charge in [0.1, 0.15) is 0 Å². The van der Waals surface area contributed by atoms with Crippen LogP contribution in [0.25, 0.3) is 0 Å². The van der Waals surface area contributed by atoms with Crippen LogP contribution < -0.4 is 16.4 Å². The molecule has 0 saturated carbocycles. The maximum absolute atomic E-state index is 12.5. The topological polar surface area (TPSA) is 146 Å². The average molecular weight is 589 g/mol. The number of rotatable bonds is 11. The first-order valence-corrected chi connectivity index (χ1v) is 14.8. The van der Waals surface area contributed by atoms with Crippen LogP contribution in [-0.2, 0) is 25.7 Å². The van der Waals surface area contributed by atoms with Crippen molar-refractivity contribution in [1.82, 2.24) is 4.90 Å². The maximum Gasteiger partial charge on any atom is 0.224 e. The lowest BCUT2D eigenvalue weighted by Gasteiger charge is -2.37. The van der Waals surface area contributed by atoms with Gasteiger partial charge in [-0.3, -0.25) is 14.5 Å². The van der Waals surface area contributed by atoms with E-state index >= 15 is 0 Å². The van der Waals surface area contributed by atoms with Gasteiger partial charge in [-0.1, -0.05) is 48.5 Å². The first-order chi connectivity index (χ1) is 20.9. The van der Waals surface area contributed by atoms with Crippen molar-refractivity contribution in [2.24, 2.45) is 0 Å². The van der Waals surface area contributed by atoms with Crippen LogP contribution in [-0.4, -0.2) is 58.8 Å². The molecule has 3 aromatic carbocycles. The number of amides is 2. The number of nitrogens with two attached hydrogens (primary N) is 1. The van der Waals surface area contributed by atoms with Crippen LogP contribution in [0.4, 0.5) is 17.1 Å². The number of nitrogens with one attached hydrogen (secondary N) is 2. The third-order valence-corrected chi connectivity index (χ3v) is 7.83. The van der Waals surface area contributed by atoms with Crippen molar-refractivity contribution >= 4 is 28.9 Å². The highest BCUT2D eigenvalue weighted by Crippen LogP contribution is 2.38. The van der Waals surface area contributed by atoms with E-state index in [0.717, 1.165) is 29.7 Å². The molecule has 228 valence electrons. The number of para-hydroxylation sites is 2. The molecule has 0 spiro atoms. The quantitative estimate of drug-likeness (QED) is 0.210. The van der Waals surface area contributed by atoms with E-state index in [1.807, 2.05) is 48.5 Å². The maximum atomic E-state index is 12.5. The monoisotopic (exact) mass is 588 g/mol. The van der Waals surface area contributed by atoms with E-state index in [0.29, 0.717) is 43.0 Å². The van der Waals surface area contributed by atoms with Crippen molar-refractivity contribution in [3.63, 3.8) is 0 Å². The van der Waals surface area contributed by atoms with Crippen LogP contribution >= 0.6 is 0 Å². The summed E-state index contributed by atoms with van der Waals surface area (Å²) >= 11 is 0. The summed E-state index contributed by atoms with van der Waals surface area (Å²) in [6, 6.07) is 22.2. The Balaban J connectivity index is 1.16. The van der Waals surface area contributed by atoms with E-state index < -0.39 is 6.29 Å². The molecule has 0 aliphatic carbocycles. The van der Waals surface area contributed by atoms with Gasteiger partial charge < -0.3 is 36.1 Å². The van der Waals surface area contributed by atoms with E-state index in [-0.39, 0.29) is 49.6 Å². The van der Waals surface area contributed by atoms with Gasteiger partial charge in [0.05, 0.1) is 36.3 Å². The standard InChI is InChI=1S/C33H40N4O6/c34-28-4-1-2-5-29(28)36-32(41)7-3-6-31(40)35-25-14-12-24(13-15-25)33-42-27(20-37-17-16-26(39)19-37)18-30(43-33)23-10-8-22(21-38)9-11-23/h1-2,4-5,8-15,26-27,30,33,38-39H,3,6-7,16-21,34H2,(H,35,40)(H,36,41). The number of likely N-dealkylation sites (tertiary alicyclic amines) is 1. The predicted octanol–water partition coefficient (Wildman–Crippen LogP) is 4.12. The van der Waals surface area contributed by atoms with Gasteiger partial charge >= 0.3 is 0 Å². The number of aliphatic hydroxyl groups is 2. The Morgan fingerprint density at radius 1 is 0.907 bits per heavy atom. The minimum atomic E-state index is -0.601. The zero-order valence-corrected chi connectivity index (χ0v) is 24.2. The minimum absolute atomic E-state index is 0.0144. The fraction of sp³-hybridized carbons (Fsp3) is 0.394. The van der Waals surface area contributed by atoms with Gasteiger partial charge in [0.15, 0.2) is 6.29 Å². The molecule has 2 aliphatic rings. The van der Waals surface area contributed by atoms with Crippen molar-refractivity contribution < 1.29 is 29.3 Å². The molecular formula is C33H40N4O6. The summed E-state index contributed by atoms with van der Waals surface area (Å²) in [6.07, 6.45) is 1.06. The lowest BCUT2D eigenvalue weighted by Crippen LogP contribution is -2.38. The van der Waals surface area contributed by atoms with Gasteiger partial charge in [-0.15, -0.1) is 0 Å². The molecule has 4 unspecified atom stereocenters. The second-order valence-corrected chi connectivity index (χ2v) is 11.2. The van der Waals surface area contributed by atoms with E-state index in [2.05, 4.69) is 15.5 Å². The highest BCUT2D eigenvalue weighted by Gasteiger charge is 2.34. The number of ether oxygens (including phenoxy) is 2. The second-order valence-electron chi connectivity index (χ2n) is 11.2. The SMILES string of the molecule is Nc1ccccc1NC(=O)CCCC(=O)Nc1ccc(C2OC(CN3CCC(O)C3)CC(c3ccc(CO)cc3)O2)cc1. The number of hydrogen-bond donors (Lipinski definition) is 5. The molecule has 2 heterocycles. The number of aliphatic hydroxyl groups excluding tert-OH is 2. The van der Waals surface area contributed by atoms with Gasteiger partial charge in [-0.25, -0.2) is 0 Å². The molecule has 2 fully saturated rings. The number of carbonyl (C=O) groups excluding carboxylic acids is 2. The Kier molecular flexibility index (Phi) is 10.4. The van der Waals surface area contributed by atoms with E-state index in [4.69, 9.17) is 15.2 Å². The molecule has 2 amide bonds. The fourth-order valence-corrected chi connectivity index (χ4v) is 5.48. The van der Waals surface area contributed by atoms with Crippen LogP contribution in [0, 0.1) is 0 Å². The predicted molar refractivity (Wildman–Crippen MR) is 164 cm³/mol.